The topological polar surface area (TPSA) is 194 Å². The first-order valence-corrected chi connectivity index (χ1v) is 7.21. The zero-order valence-electron chi connectivity index (χ0n) is 12.6. The average molecular weight is 351 g/mol. The van der Waals surface area contributed by atoms with Gasteiger partial charge in [0, 0.05) is 6.42 Å². The molecule has 7 N–H and O–H groups in total. The fraction of sp³-hybridized carbons (Fsp3) is 0.769. The summed E-state index contributed by atoms with van der Waals surface area (Å²) in [5.74, 6) is -3.49. The van der Waals surface area contributed by atoms with Crippen LogP contribution < -0.4 is 5.32 Å². The maximum atomic E-state index is 11.9. The van der Waals surface area contributed by atoms with Gasteiger partial charge < -0.3 is 40.7 Å². The summed E-state index contributed by atoms with van der Waals surface area (Å²) in [5.41, 5.74) is 0. The first-order valence-electron chi connectivity index (χ1n) is 7.21. The van der Waals surface area contributed by atoms with Crippen LogP contribution >= 0.6 is 0 Å². The Morgan fingerprint density at radius 2 is 1.58 bits per heavy atom. The normalized spacial score (nSPS) is 31.2. The third-order valence-corrected chi connectivity index (χ3v) is 3.66. The van der Waals surface area contributed by atoms with Gasteiger partial charge >= 0.3 is 11.9 Å². The number of amides is 1. The quantitative estimate of drug-likeness (QED) is 0.232. The second-order valence-corrected chi connectivity index (χ2v) is 5.46. The zero-order chi connectivity index (χ0) is 18.4. The van der Waals surface area contributed by atoms with E-state index in [9.17, 15) is 29.7 Å². The summed E-state index contributed by atoms with van der Waals surface area (Å²) in [6.07, 6.45) is -8.60. The summed E-state index contributed by atoms with van der Waals surface area (Å²) < 4.78 is 5.13. The van der Waals surface area contributed by atoms with Gasteiger partial charge in [-0.3, -0.25) is 9.59 Å². The summed E-state index contributed by atoms with van der Waals surface area (Å²) >= 11 is 0. The molecule has 0 aliphatic carbocycles. The molecular weight excluding hydrogens is 330 g/mol. The highest BCUT2D eigenvalue weighted by atomic mass is 16.5. The average Bonchev–Trinajstić information content (AvgIpc) is 2.51. The molecule has 1 saturated heterocycles. The smallest absolute Gasteiger partial charge is 0.326 e. The highest BCUT2D eigenvalue weighted by Gasteiger charge is 2.44. The molecule has 0 spiro atoms. The van der Waals surface area contributed by atoms with E-state index in [2.05, 4.69) is 5.32 Å². The lowest BCUT2D eigenvalue weighted by Gasteiger charge is -2.39. The third-order valence-electron chi connectivity index (χ3n) is 3.66. The Morgan fingerprint density at radius 1 is 1.00 bits per heavy atom. The molecule has 0 bridgehead atoms. The number of carboxylic acids is 2. The molecular formula is C13H21NO10. The van der Waals surface area contributed by atoms with E-state index >= 15 is 0 Å². The van der Waals surface area contributed by atoms with Gasteiger partial charge in [-0.1, -0.05) is 0 Å². The van der Waals surface area contributed by atoms with Crippen LogP contribution in [0, 0.1) is 0 Å². The number of carbonyl (C=O) groups excluding carboxylic acids is 1. The highest BCUT2D eigenvalue weighted by molar-refractivity contribution is 5.84. The van der Waals surface area contributed by atoms with Crippen LogP contribution in [0.25, 0.3) is 0 Å². The first-order chi connectivity index (χ1) is 11.2. The Balaban J connectivity index is 2.64. The number of aliphatic hydroxyl groups is 4. The summed E-state index contributed by atoms with van der Waals surface area (Å²) in [4.78, 5) is 33.4. The molecule has 0 aromatic carbocycles. The molecule has 4 unspecified atom stereocenters. The van der Waals surface area contributed by atoms with Crippen LogP contribution in [0.15, 0.2) is 0 Å². The van der Waals surface area contributed by atoms with Crippen molar-refractivity contribution in [3.05, 3.63) is 0 Å². The fourth-order valence-electron chi connectivity index (χ4n) is 2.31. The van der Waals surface area contributed by atoms with Crippen molar-refractivity contribution < 1.29 is 49.8 Å². The fourth-order valence-corrected chi connectivity index (χ4v) is 2.31. The van der Waals surface area contributed by atoms with Crippen molar-refractivity contribution in [2.45, 2.75) is 55.8 Å². The molecule has 24 heavy (non-hydrogen) atoms. The molecule has 138 valence electrons. The maximum absolute atomic E-state index is 11.9. The van der Waals surface area contributed by atoms with Crippen LogP contribution in [-0.4, -0.2) is 91.7 Å². The van der Waals surface area contributed by atoms with E-state index in [4.69, 9.17) is 20.1 Å². The molecule has 1 fully saturated rings. The minimum atomic E-state index is -1.64. The molecule has 0 saturated carbocycles. The lowest BCUT2D eigenvalue weighted by Crippen LogP contribution is -2.59. The Labute approximate surface area is 136 Å². The van der Waals surface area contributed by atoms with Crippen LogP contribution in [0.3, 0.4) is 0 Å². The van der Waals surface area contributed by atoms with Crippen molar-refractivity contribution in [1.29, 1.82) is 0 Å². The third kappa shape index (κ3) is 5.39. The molecule has 1 heterocycles. The molecule has 0 radical (unpaired) electrons. The van der Waals surface area contributed by atoms with Gasteiger partial charge in [0.05, 0.1) is 19.1 Å². The molecule has 1 aliphatic heterocycles. The van der Waals surface area contributed by atoms with Gasteiger partial charge in [0.25, 0.3) is 0 Å². The van der Waals surface area contributed by atoms with Crippen molar-refractivity contribution in [2.75, 3.05) is 6.61 Å². The number of ether oxygens (including phenoxy) is 1. The summed E-state index contributed by atoms with van der Waals surface area (Å²) in [6.45, 7) is -0.653. The van der Waals surface area contributed by atoms with Gasteiger partial charge in [-0.05, 0) is 6.42 Å². The molecule has 0 aromatic rings. The van der Waals surface area contributed by atoms with Gasteiger partial charge in [0.15, 0.2) is 0 Å². The summed E-state index contributed by atoms with van der Waals surface area (Å²) in [6, 6.07) is -1.43. The van der Waals surface area contributed by atoms with Gasteiger partial charge in [-0.25, -0.2) is 4.79 Å². The monoisotopic (exact) mass is 351 g/mol. The first kappa shape index (κ1) is 20.3. The standard InChI is InChI=1S/C13H21NO10/c15-4-7-11(20)12(21)10(19)6(24-7)3-8(16)14-5(13(22)23)1-2-9(17)18/h5-7,10-12,15,19-21H,1-4H2,(H,14,16)(H,17,18)(H,22,23)/t5?,6?,7-,10-,11?,12?/m1/s1. The molecule has 0 aromatic heterocycles. The zero-order valence-corrected chi connectivity index (χ0v) is 12.6. The minimum absolute atomic E-state index is 0.328. The Hall–Kier alpha value is -1.79. The van der Waals surface area contributed by atoms with Crippen LogP contribution in [0.2, 0.25) is 0 Å². The second kappa shape index (κ2) is 8.89. The Kier molecular flexibility index (Phi) is 7.51. The Morgan fingerprint density at radius 3 is 2.08 bits per heavy atom. The number of carboxylic acid groups (broad SMARTS) is 2. The van der Waals surface area contributed by atoms with Gasteiger partial charge in [0.2, 0.25) is 5.91 Å². The number of nitrogens with one attached hydrogen (secondary N) is 1. The van der Waals surface area contributed by atoms with E-state index in [-0.39, 0.29) is 6.42 Å². The van der Waals surface area contributed by atoms with Crippen molar-refractivity contribution in [2.24, 2.45) is 0 Å². The summed E-state index contributed by atoms with van der Waals surface area (Å²) in [5, 5.41) is 57.7. The highest BCUT2D eigenvalue weighted by Crippen LogP contribution is 2.23. The predicted octanol–water partition coefficient (Wildman–Crippen LogP) is -3.35. The predicted molar refractivity (Wildman–Crippen MR) is 74.8 cm³/mol. The Bertz CT molecular complexity index is 468. The van der Waals surface area contributed by atoms with Crippen molar-refractivity contribution in [1.82, 2.24) is 5.32 Å². The summed E-state index contributed by atoms with van der Waals surface area (Å²) in [7, 11) is 0. The molecule has 1 amide bonds. The number of rotatable bonds is 8. The van der Waals surface area contributed by atoms with Crippen LogP contribution in [0.5, 0.6) is 0 Å². The van der Waals surface area contributed by atoms with E-state index in [0.717, 1.165) is 0 Å². The van der Waals surface area contributed by atoms with Crippen LogP contribution in [0.4, 0.5) is 0 Å². The van der Waals surface area contributed by atoms with Crippen LogP contribution in [-0.2, 0) is 19.1 Å². The molecule has 11 nitrogen and oxygen atoms in total. The largest absolute Gasteiger partial charge is 0.481 e. The van der Waals surface area contributed by atoms with Crippen molar-refractivity contribution >= 4 is 17.8 Å². The lowest BCUT2D eigenvalue weighted by atomic mass is 9.93. The molecule has 1 rings (SSSR count). The van der Waals surface area contributed by atoms with Crippen LogP contribution in [0.1, 0.15) is 19.3 Å². The van der Waals surface area contributed by atoms with Crippen molar-refractivity contribution in [3.63, 3.8) is 0 Å². The van der Waals surface area contributed by atoms with Gasteiger partial charge in [0.1, 0.15) is 30.5 Å². The van der Waals surface area contributed by atoms with Gasteiger partial charge in [-0.15, -0.1) is 0 Å². The number of hydrogen-bond donors (Lipinski definition) is 7. The number of aliphatic carboxylic acids is 2. The van der Waals surface area contributed by atoms with E-state index in [0.29, 0.717) is 0 Å². The molecule has 1 aliphatic rings. The minimum Gasteiger partial charge on any atom is -0.481 e. The molecule has 11 heteroatoms. The number of carbonyl (C=O) groups is 3. The van der Waals surface area contributed by atoms with Gasteiger partial charge in [-0.2, -0.15) is 0 Å². The van der Waals surface area contributed by atoms with Crippen molar-refractivity contribution in [3.8, 4) is 0 Å². The SMILES string of the molecule is O=C(O)CCC(NC(=O)CC1O[C@H](CO)C(O)C(O)[C@@H]1O)C(=O)O. The van der Waals surface area contributed by atoms with E-state index in [1.807, 2.05) is 0 Å². The second-order valence-electron chi connectivity index (χ2n) is 5.46. The number of aliphatic hydroxyl groups excluding tert-OH is 4. The number of hydrogen-bond acceptors (Lipinski definition) is 8. The van der Waals surface area contributed by atoms with E-state index in [1.165, 1.54) is 0 Å². The lowest BCUT2D eigenvalue weighted by molar-refractivity contribution is -0.229. The van der Waals surface area contributed by atoms with E-state index in [1.54, 1.807) is 0 Å². The van der Waals surface area contributed by atoms with E-state index < -0.39 is 73.9 Å². The molecule has 6 atom stereocenters. The maximum Gasteiger partial charge on any atom is 0.326 e.